The summed E-state index contributed by atoms with van der Waals surface area (Å²) in [5.41, 5.74) is -1.89. The molecule has 0 aromatic carbocycles. The number of carbonyl (C=O) groups is 2. The molecule has 0 saturated heterocycles. The number of hydrogen-bond acceptors (Lipinski definition) is 4. The number of carbonyl (C=O) groups excluding carboxylic acids is 2. The Hall–Kier alpha value is 2.21. The summed E-state index contributed by atoms with van der Waals surface area (Å²) in [6, 6.07) is 0. The first kappa shape index (κ1) is 18.9. The molecule has 0 rings (SSSR count). The van der Waals surface area contributed by atoms with Crippen LogP contribution in [0.4, 0.5) is 0 Å². The fourth-order valence-electron chi connectivity index (χ4n) is 0.0833. The zero-order valence-electron chi connectivity index (χ0n) is 7.13. The van der Waals surface area contributed by atoms with E-state index in [1.807, 2.05) is 0 Å². The summed E-state index contributed by atoms with van der Waals surface area (Å²) in [4.78, 5) is 19.9. The van der Waals surface area contributed by atoms with Crippen molar-refractivity contribution in [2.45, 2.75) is 13.8 Å². The van der Waals surface area contributed by atoms with Crippen LogP contribution in [0.2, 0.25) is 0 Å². The maximum atomic E-state index is 9.93. The first-order chi connectivity index (χ1) is 3.89. The van der Waals surface area contributed by atoms with E-state index in [-0.39, 0.29) is 103 Å². The fraction of sp³-hybridized carbons (Fsp3) is 0.600. The second-order valence-electron chi connectivity index (χ2n) is 2.20. The topological polar surface area (TPSA) is 80.3 Å². The van der Waals surface area contributed by atoms with Crippen LogP contribution in [0, 0.1) is 5.41 Å². The van der Waals surface area contributed by atoms with E-state index in [9.17, 15) is 19.8 Å². The average molecular weight is 208 g/mol. The minimum Gasteiger partial charge on any atom is -0.549 e. The molecule has 6 heteroatoms. The van der Waals surface area contributed by atoms with Crippen molar-refractivity contribution in [2.24, 2.45) is 5.41 Å². The molecule has 0 N–H and O–H groups in total. The molecule has 0 bridgehead atoms. The Morgan fingerprint density at radius 1 is 1.00 bits per heavy atom. The number of carboxylic acids is 2. The van der Waals surface area contributed by atoms with Gasteiger partial charge in [-0.2, -0.15) is 0 Å². The van der Waals surface area contributed by atoms with Crippen molar-refractivity contribution in [3.8, 4) is 0 Å². The number of aliphatic carboxylic acids is 2. The Kier molecular flexibility index (Phi) is 13.1. The van der Waals surface area contributed by atoms with Crippen LogP contribution < -0.4 is 113 Å². The summed E-state index contributed by atoms with van der Waals surface area (Å²) < 4.78 is 0. The summed E-state index contributed by atoms with van der Waals surface area (Å²) in [5, 5.41) is 19.9. The van der Waals surface area contributed by atoms with Gasteiger partial charge in [0.2, 0.25) is 0 Å². The molecule has 11 heavy (non-hydrogen) atoms. The largest absolute Gasteiger partial charge is 1.00 e. The average Bonchev–Trinajstić information content (AvgIpc) is 1.65. The third-order valence-electron chi connectivity index (χ3n) is 1.02. The van der Waals surface area contributed by atoms with Crippen molar-refractivity contribution in [1.29, 1.82) is 0 Å². The van der Waals surface area contributed by atoms with E-state index < -0.39 is 17.4 Å². The van der Waals surface area contributed by atoms with Crippen LogP contribution in [-0.4, -0.2) is 11.9 Å². The second kappa shape index (κ2) is 7.60. The Morgan fingerprint density at radius 2 is 1.18 bits per heavy atom. The van der Waals surface area contributed by atoms with Gasteiger partial charge >= 0.3 is 103 Å². The van der Waals surface area contributed by atoms with Gasteiger partial charge in [0.1, 0.15) is 0 Å². The first-order valence-electron chi connectivity index (χ1n) is 2.32. The van der Waals surface area contributed by atoms with Gasteiger partial charge in [-0.3, -0.25) is 0 Å². The molecular weight excluding hydrogens is 202 g/mol. The van der Waals surface area contributed by atoms with Crippen molar-refractivity contribution in [3.63, 3.8) is 0 Å². The monoisotopic (exact) mass is 208 g/mol. The zero-order valence-corrected chi connectivity index (χ0v) is 13.4. The van der Waals surface area contributed by atoms with E-state index in [1.165, 1.54) is 0 Å². The van der Waals surface area contributed by atoms with Crippen molar-refractivity contribution in [2.75, 3.05) is 0 Å². The molecule has 0 unspecified atom stereocenters. The van der Waals surface area contributed by atoms with Crippen molar-refractivity contribution in [3.05, 3.63) is 0 Å². The smallest absolute Gasteiger partial charge is 0.549 e. The van der Waals surface area contributed by atoms with E-state index in [0.29, 0.717) is 0 Å². The van der Waals surface area contributed by atoms with Gasteiger partial charge in [-0.1, -0.05) is 0 Å². The third-order valence-corrected chi connectivity index (χ3v) is 1.02. The van der Waals surface area contributed by atoms with Crippen molar-refractivity contribution in [1.82, 2.24) is 0 Å². The minimum atomic E-state index is -1.89. The van der Waals surface area contributed by atoms with E-state index in [2.05, 4.69) is 0 Å². The van der Waals surface area contributed by atoms with Gasteiger partial charge < -0.3 is 19.8 Å². The van der Waals surface area contributed by atoms with Crippen LogP contribution in [0.25, 0.3) is 0 Å². The quantitative estimate of drug-likeness (QED) is 0.333. The zero-order chi connectivity index (χ0) is 7.65. The Labute approximate surface area is 150 Å². The standard InChI is InChI=1S/C5H8O4.2K/c1-5(2,3(6)7)4(8)9;;/h1-2H3,(H,6,7)(H,8,9);;/q;2*+1/p-2. The molecule has 0 aliphatic carbocycles. The van der Waals surface area contributed by atoms with Crippen LogP contribution in [0.3, 0.4) is 0 Å². The second-order valence-corrected chi connectivity index (χ2v) is 2.20. The molecule has 0 heterocycles. The first-order valence-corrected chi connectivity index (χ1v) is 2.32. The maximum Gasteiger partial charge on any atom is 1.00 e. The number of rotatable bonds is 2. The summed E-state index contributed by atoms with van der Waals surface area (Å²) >= 11 is 0. The normalized spacial score (nSPS) is 8.91. The molecule has 0 aliphatic heterocycles. The predicted octanol–water partition coefficient (Wildman–Crippen LogP) is -8.48. The molecule has 0 aromatic rings. The van der Waals surface area contributed by atoms with E-state index in [4.69, 9.17) is 0 Å². The van der Waals surface area contributed by atoms with Crippen LogP contribution in [0.5, 0.6) is 0 Å². The Morgan fingerprint density at radius 3 is 1.18 bits per heavy atom. The number of carboxylic acid groups (broad SMARTS) is 2. The maximum absolute atomic E-state index is 9.93. The van der Waals surface area contributed by atoms with Gasteiger partial charge in [0.05, 0.1) is 11.9 Å². The predicted molar refractivity (Wildman–Crippen MR) is 23.8 cm³/mol. The van der Waals surface area contributed by atoms with E-state index in [0.717, 1.165) is 13.8 Å². The van der Waals surface area contributed by atoms with Gasteiger partial charge in [-0.05, 0) is 13.8 Å². The van der Waals surface area contributed by atoms with Gasteiger partial charge in [0, 0.05) is 5.41 Å². The molecule has 0 radical (unpaired) electrons. The summed E-state index contributed by atoms with van der Waals surface area (Å²) in [5.74, 6) is -3.27. The fourth-order valence-corrected chi connectivity index (χ4v) is 0.0833. The molecule has 0 amide bonds. The van der Waals surface area contributed by atoms with Crippen LogP contribution in [0.1, 0.15) is 13.8 Å². The van der Waals surface area contributed by atoms with Gasteiger partial charge in [0.15, 0.2) is 0 Å². The third kappa shape index (κ3) is 6.31. The van der Waals surface area contributed by atoms with Crippen LogP contribution >= 0.6 is 0 Å². The SMILES string of the molecule is CC(C)(C(=O)[O-])C(=O)[O-].[K+].[K+]. The van der Waals surface area contributed by atoms with Gasteiger partial charge in [-0.15, -0.1) is 0 Å². The van der Waals surface area contributed by atoms with Crippen LogP contribution in [0.15, 0.2) is 0 Å². The van der Waals surface area contributed by atoms with E-state index in [1.54, 1.807) is 0 Å². The van der Waals surface area contributed by atoms with Crippen molar-refractivity contribution >= 4 is 11.9 Å². The number of hydrogen-bond donors (Lipinski definition) is 0. The molecule has 0 atom stereocenters. The summed E-state index contributed by atoms with van der Waals surface area (Å²) in [6.07, 6.45) is 0. The van der Waals surface area contributed by atoms with Crippen molar-refractivity contribution < 1.29 is 123 Å². The summed E-state index contributed by atoms with van der Waals surface area (Å²) in [7, 11) is 0. The Balaban J connectivity index is -0.000000320. The van der Waals surface area contributed by atoms with Crippen LogP contribution in [-0.2, 0) is 9.59 Å². The minimum absolute atomic E-state index is 0. The molecule has 4 nitrogen and oxygen atoms in total. The molecular formula is C5H6K2O4. The summed E-state index contributed by atoms with van der Waals surface area (Å²) in [6.45, 7) is 2.02. The molecule has 0 spiro atoms. The molecule has 52 valence electrons. The Bertz CT molecular complexity index is 139. The van der Waals surface area contributed by atoms with Gasteiger partial charge in [-0.25, -0.2) is 0 Å². The van der Waals surface area contributed by atoms with E-state index >= 15 is 0 Å². The molecule has 0 aromatic heterocycles. The molecule has 0 aliphatic rings. The van der Waals surface area contributed by atoms with Gasteiger partial charge in [0.25, 0.3) is 0 Å². The molecule has 0 fully saturated rings. The molecule has 0 saturated carbocycles.